The van der Waals surface area contributed by atoms with E-state index in [1.807, 2.05) is 41.4 Å². The molecule has 0 saturated heterocycles. The summed E-state index contributed by atoms with van der Waals surface area (Å²) in [5.74, 6) is -0.138. The maximum absolute atomic E-state index is 12.2. The maximum atomic E-state index is 12.2. The number of rotatable bonds is 4. The predicted octanol–water partition coefficient (Wildman–Crippen LogP) is 2.58. The zero-order valence-corrected chi connectivity index (χ0v) is 13.4. The normalized spacial score (nSPS) is 18.1. The Labute approximate surface area is 133 Å². The van der Waals surface area contributed by atoms with Crippen molar-refractivity contribution in [3.05, 3.63) is 46.8 Å². The highest BCUT2D eigenvalue weighted by molar-refractivity contribution is 7.18. The van der Waals surface area contributed by atoms with Gasteiger partial charge in [0, 0.05) is 12.1 Å². The highest BCUT2D eigenvalue weighted by Crippen LogP contribution is 2.43. The van der Waals surface area contributed by atoms with Crippen LogP contribution in [0.25, 0.3) is 0 Å². The van der Waals surface area contributed by atoms with Gasteiger partial charge in [0.2, 0.25) is 0 Å². The van der Waals surface area contributed by atoms with Gasteiger partial charge in [0.25, 0.3) is 5.91 Å². The molecule has 3 N–H and O–H groups in total. The first-order valence-electron chi connectivity index (χ1n) is 7.27. The molecule has 0 bridgehead atoms. The molecule has 1 unspecified atom stereocenters. The number of hydrazine groups is 1. The van der Waals surface area contributed by atoms with Crippen molar-refractivity contribution in [2.75, 3.05) is 11.6 Å². The fraction of sp³-hybridized carbons (Fsp3) is 0.312. The van der Waals surface area contributed by atoms with Crippen LogP contribution >= 0.6 is 11.3 Å². The van der Waals surface area contributed by atoms with Crippen molar-refractivity contribution < 1.29 is 9.90 Å². The summed E-state index contributed by atoms with van der Waals surface area (Å²) < 4.78 is 0. The molecule has 116 valence electrons. The summed E-state index contributed by atoms with van der Waals surface area (Å²) in [6, 6.07) is 12.1. The van der Waals surface area contributed by atoms with Crippen molar-refractivity contribution in [3.8, 4) is 0 Å². The number of carbonyl (C=O) groups is 1. The Kier molecular flexibility index (Phi) is 4.15. The van der Waals surface area contributed by atoms with Gasteiger partial charge < -0.3 is 10.4 Å². The van der Waals surface area contributed by atoms with E-state index < -0.39 is 6.10 Å². The third-order valence-corrected chi connectivity index (χ3v) is 4.66. The highest BCUT2D eigenvalue weighted by Gasteiger charge is 2.30. The maximum Gasteiger partial charge on any atom is 0.261 e. The van der Waals surface area contributed by atoms with Gasteiger partial charge >= 0.3 is 0 Å². The van der Waals surface area contributed by atoms with Crippen molar-refractivity contribution in [1.82, 2.24) is 10.7 Å². The Balaban J connectivity index is 1.85. The number of benzene rings is 1. The Morgan fingerprint density at radius 3 is 2.86 bits per heavy atom. The molecular weight excluding hydrogens is 298 g/mol. The molecule has 1 aliphatic rings. The molecule has 2 atom stereocenters. The second kappa shape index (κ2) is 6.08. The molecule has 0 radical (unpaired) electrons. The Bertz CT molecular complexity index is 669. The first-order valence-corrected chi connectivity index (χ1v) is 8.09. The van der Waals surface area contributed by atoms with E-state index in [0.29, 0.717) is 4.88 Å². The number of anilines is 2. The third-order valence-electron chi connectivity index (χ3n) is 3.53. The molecule has 2 heterocycles. The molecule has 3 rings (SSSR count). The monoisotopic (exact) mass is 317 g/mol. The Morgan fingerprint density at radius 1 is 1.45 bits per heavy atom. The van der Waals surface area contributed by atoms with Gasteiger partial charge in [-0.25, -0.2) is 5.43 Å². The first-order chi connectivity index (χ1) is 10.6. The van der Waals surface area contributed by atoms with Crippen molar-refractivity contribution in [2.45, 2.75) is 26.0 Å². The summed E-state index contributed by atoms with van der Waals surface area (Å²) in [7, 11) is 0. The lowest BCUT2D eigenvalue weighted by molar-refractivity contribution is 0.0928. The highest BCUT2D eigenvalue weighted by atomic mass is 32.1. The van der Waals surface area contributed by atoms with E-state index in [0.717, 1.165) is 16.3 Å². The minimum absolute atomic E-state index is 0.138. The van der Waals surface area contributed by atoms with Gasteiger partial charge in [-0.1, -0.05) is 18.2 Å². The van der Waals surface area contributed by atoms with Gasteiger partial charge in [-0.05, 0) is 32.0 Å². The van der Waals surface area contributed by atoms with E-state index in [1.54, 1.807) is 6.92 Å². The molecule has 1 aromatic carbocycles. The van der Waals surface area contributed by atoms with Crippen molar-refractivity contribution in [2.24, 2.45) is 0 Å². The minimum Gasteiger partial charge on any atom is -0.392 e. The number of hydrogen-bond donors (Lipinski definition) is 3. The van der Waals surface area contributed by atoms with Gasteiger partial charge in [0.05, 0.1) is 22.7 Å². The molecule has 0 aliphatic carbocycles. The van der Waals surface area contributed by atoms with Gasteiger partial charge in [-0.15, -0.1) is 11.3 Å². The van der Waals surface area contributed by atoms with Crippen LogP contribution in [-0.4, -0.2) is 23.7 Å². The Hall–Kier alpha value is -1.89. The fourth-order valence-electron chi connectivity index (χ4n) is 2.41. The lowest BCUT2D eigenvalue weighted by Crippen LogP contribution is -2.30. The van der Waals surface area contributed by atoms with E-state index in [1.165, 1.54) is 11.3 Å². The number of aliphatic hydroxyl groups excluding tert-OH is 1. The SMILES string of the molecule is CC1NN(c2ccccc2)c2sc(C(=O)NC[C@@H](C)O)cc21. The molecule has 6 heteroatoms. The number of nitrogens with one attached hydrogen (secondary N) is 2. The average Bonchev–Trinajstić information content (AvgIpc) is 3.07. The van der Waals surface area contributed by atoms with Crippen LogP contribution in [0.15, 0.2) is 36.4 Å². The van der Waals surface area contributed by atoms with Crippen LogP contribution in [0, 0.1) is 0 Å². The van der Waals surface area contributed by atoms with E-state index in [2.05, 4.69) is 17.7 Å². The topological polar surface area (TPSA) is 64.6 Å². The molecule has 22 heavy (non-hydrogen) atoms. The standard InChI is InChI=1S/C16H19N3O2S/c1-10(20)9-17-15(21)14-8-13-11(2)18-19(16(13)22-14)12-6-4-3-5-7-12/h3-8,10-11,18,20H,9H2,1-2H3,(H,17,21)/t10-,11?/m1/s1. The second-order valence-corrected chi connectivity index (χ2v) is 6.48. The average molecular weight is 317 g/mol. The zero-order chi connectivity index (χ0) is 15.7. The number of thiophene rings is 1. The minimum atomic E-state index is -0.544. The molecule has 5 nitrogen and oxygen atoms in total. The molecular formula is C16H19N3O2S. The number of hydrogen-bond acceptors (Lipinski definition) is 5. The van der Waals surface area contributed by atoms with E-state index in [-0.39, 0.29) is 18.5 Å². The van der Waals surface area contributed by atoms with E-state index in [9.17, 15) is 9.90 Å². The Morgan fingerprint density at radius 2 is 2.18 bits per heavy atom. The number of fused-ring (bicyclic) bond motifs is 1. The third kappa shape index (κ3) is 2.85. The number of amides is 1. The molecule has 2 aromatic rings. The lowest BCUT2D eigenvalue weighted by atomic mass is 10.2. The van der Waals surface area contributed by atoms with Crippen molar-refractivity contribution in [1.29, 1.82) is 0 Å². The summed E-state index contributed by atoms with van der Waals surface area (Å²) in [4.78, 5) is 12.8. The van der Waals surface area contributed by atoms with E-state index in [4.69, 9.17) is 0 Å². The van der Waals surface area contributed by atoms with Crippen LogP contribution in [0.1, 0.15) is 35.1 Å². The lowest BCUT2D eigenvalue weighted by Gasteiger charge is -2.19. The van der Waals surface area contributed by atoms with Crippen LogP contribution in [0.3, 0.4) is 0 Å². The largest absolute Gasteiger partial charge is 0.392 e. The fourth-order valence-corrected chi connectivity index (χ4v) is 3.57. The number of carbonyl (C=O) groups excluding carboxylic acids is 1. The van der Waals surface area contributed by atoms with Crippen LogP contribution in [0.4, 0.5) is 10.7 Å². The second-order valence-electron chi connectivity index (χ2n) is 5.45. The number of para-hydroxylation sites is 1. The molecule has 0 spiro atoms. The van der Waals surface area contributed by atoms with Gasteiger partial charge in [-0.2, -0.15) is 0 Å². The van der Waals surface area contributed by atoms with Crippen LogP contribution in [0.5, 0.6) is 0 Å². The molecule has 0 saturated carbocycles. The smallest absolute Gasteiger partial charge is 0.261 e. The van der Waals surface area contributed by atoms with Crippen molar-refractivity contribution >= 4 is 27.9 Å². The summed E-state index contributed by atoms with van der Waals surface area (Å²) in [6.45, 7) is 3.99. The first kappa shape index (κ1) is 15.0. The van der Waals surface area contributed by atoms with Gasteiger partial charge in [-0.3, -0.25) is 9.80 Å². The number of aliphatic hydroxyl groups is 1. The molecule has 1 amide bonds. The summed E-state index contributed by atoms with van der Waals surface area (Å²) in [6.07, 6.45) is -0.544. The number of nitrogens with zero attached hydrogens (tertiary/aromatic N) is 1. The van der Waals surface area contributed by atoms with Crippen LogP contribution in [-0.2, 0) is 0 Å². The molecule has 1 aliphatic heterocycles. The summed E-state index contributed by atoms with van der Waals surface area (Å²) in [5, 5.41) is 15.1. The summed E-state index contributed by atoms with van der Waals surface area (Å²) in [5.41, 5.74) is 5.57. The van der Waals surface area contributed by atoms with E-state index >= 15 is 0 Å². The van der Waals surface area contributed by atoms with Gasteiger partial charge in [0.1, 0.15) is 5.00 Å². The van der Waals surface area contributed by atoms with Crippen molar-refractivity contribution in [3.63, 3.8) is 0 Å². The predicted molar refractivity (Wildman–Crippen MR) is 88.5 cm³/mol. The quantitative estimate of drug-likeness (QED) is 0.811. The molecule has 0 fully saturated rings. The van der Waals surface area contributed by atoms with Crippen LogP contribution in [0.2, 0.25) is 0 Å². The molecule has 1 aromatic heterocycles. The van der Waals surface area contributed by atoms with Crippen LogP contribution < -0.4 is 15.8 Å². The zero-order valence-electron chi connectivity index (χ0n) is 12.5. The van der Waals surface area contributed by atoms with Gasteiger partial charge in [0.15, 0.2) is 0 Å². The summed E-state index contributed by atoms with van der Waals surface area (Å²) >= 11 is 1.46.